The number of hydrogen-bond acceptors (Lipinski definition) is 5. The number of nitro benzene ring substituents is 1. The molecule has 1 saturated heterocycles. The Bertz CT molecular complexity index is 544. The lowest BCUT2D eigenvalue weighted by molar-refractivity contribution is -0.384. The first-order valence-corrected chi connectivity index (χ1v) is 7.05. The van der Waals surface area contributed by atoms with Gasteiger partial charge in [-0.15, -0.1) is 0 Å². The third-order valence-corrected chi connectivity index (χ3v) is 3.82. The van der Waals surface area contributed by atoms with E-state index in [-0.39, 0.29) is 24.2 Å². The van der Waals surface area contributed by atoms with Crippen LogP contribution >= 0.6 is 11.6 Å². The molecule has 0 saturated carbocycles. The fraction of sp³-hybridized carbons (Fsp3) is 0.462. The molecule has 1 amide bonds. The van der Waals surface area contributed by atoms with E-state index < -0.39 is 4.92 Å². The molecule has 0 aliphatic carbocycles. The minimum atomic E-state index is -0.448. The number of nitrogens with one attached hydrogen (secondary N) is 1. The van der Waals surface area contributed by atoms with Crippen LogP contribution in [0.5, 0.6) is 0 Å². The Morgan fingerprint density at radius 1 is 1.48 bits per heavy atom. The van der Waals surface area contributed by atoms with Gasteiger partial charge in [0.05, 0.1) is 16.5 Å². The summed E-state index contributed by atoms with van der Waals surface area (Å²) < 4.78 is 0. The first kappa shape index (κ1) is 15.5. The summed E-state index contributed by atoms with van der Waals surface area (Å²) in [5, 5.41) is 14.5. The number of carbonyl (C=O) groups excluding carboxylic acids is 1. The second-order valence-electron chi connectivity index (χ2n) is 5.05. The maximum atomic E-state index is 11.0. The quantitative estimate of drug-likeness (QED) is 0.635. The molecule has 8 heteroatoms. The molecule has 1 aliphatic heterocycles. The highest BCUT2D eigenvalue weighted by Crippen LogP contribution is 2.33. The largest absolute Gasteiger partial charge is 0.375 e. The number of hydrogen-bond donors (Lipinski definition) is 2. The van der Waals surface area contributed by atoms with Crippen LogP contribution in [0.1, 0.15) is 12.8 Å². The van der Waals surface area contributed by atoms with Crippen molar-refractivity contribution in [3.8, 4) is 0 Å². The average molecular weight is 313 g/mol. The van der Waals surface area contributed by atoms with Crippen molar-refractivity contribution in [1.82, 2.24) is 4.90 Å². The molecule has 2 rings (SSSR count). The number of anilines is 1. The minimum Gasteiger partial charge on any atom is -0.375 e. The van der Waals surface area contributed by atoms with Crippen LogP contribution in [0.25, 0.3) is 0 Å². The summed E-state index contributed by atoms with van der Waals surface area (Å²) in [5.74, 6) is -0.344. The van der Waals surface area contributed by atoms with Gasteiger partial charge >= 0.3 is 0 Å². The lowest BCUT2D eigenvalue weighted by atomic mass is 10.0. The second kappa shape index (κ2) is 6.73. The maximum Gasteiger partial charge on any atom is 0.293 e. The van der Waals surface area contributed by atoms with Crippen LogP contribution in [0.3, 0.4) is 0 Å². The molecule has 0 aromatic heterocycles. The van der Waals surface area contributed by atoms with E-state index in [4.69, 9.17) is 17.3 Å². The minimum absolute atomic E-state index is 0.0259. The van der Waals surface area contributed by atoms with Crippen LogP contribution in [0.15, 0.2) is 18.2 Å². The normalized spacial score (nSPS) is 16.6. The lowest BCUT2D eigenvalue weighted by Crippen LogP contribution is -2.43. The number of halogens is 1. The van der Waals surface area contributed by atoms with Crippen molar-refractivity contribution >= 4 is 28.9 Å². The van der Waals surface area contributed by atoms with Gasteiger partial charge in [-0.05, 0) is 18.9 Å². The summed E-state index contributed by atoms with van der Waals surface area (Å²) in [6, 6.07) is 4.70. The van der Waals surface area contributed by atoms with Crippen LogP contribution in [0, 0.1) is 10.1 Å². The first-order chi connectivity index (χ1) is 9.97. The van der Waals surface area contributed by atoms with Crippen LogP contribution in [-0.2, 0) is 4.79 Å². The van der Waals surface area contributed by atoms with E-state index in [1.54, 1.807) is 12.1 Å². The molecule has 1 aromatic rings. The average Bonchev–Trinajstić information content (AvgIpc) is 2.42. The molecule has 0 spiro atoms. The Hall–Kier alpha value is -1.86. The topological polar surface area (TPSA) is 102 Å². The van der Waals surface area contributed by atoms with Crippen LogP contribution in [0.4, 0.5) is 11.4 Å². The third kappa shape index (κ3) is 4.05. The zero-order valence-electron chi connectivity index (χ0n) is 11.4. The summed E-state index contributed by atoms with van der Waals surface area (Å²) in [6.07, 6.45) is 1.55. The zero-order chi connectivity index (χ0) is 15.4. The van der Waals surface area contributed by atoms with Gasteiger partial charge in [0, 0.05) is 25.2 Å². The zero-order valence-corrected chi connectivity index (χ0v) is 12.2. The van der Waals surface area contributed by atoms with Crippen LogP contribution < -0.4 is 11.1 Å². The number of benzene rings is 1. The van der Waals surface area contributed by atoms with Gasteiger partial charge in [-0.1, -0.05) is 17.7 Å². The Kier molecular flexibility index (Phi) is 4.98. The number of piperidine rings is 1. The van der Waals surface area contributed by atoms with E-state index in [9.17, 15) is 14.9 Å². The van der Waals surface area contributed by atoms with Crippen molar-refractivity contribution in [2.75, 3.05) is 25.0 Å². The second-order valence-corrected chi connectivity index (χ2v) is 5.46. The molecule has 3 N–H and O–H groups in total. The number of nitrogens with zero attached hydrogens (tertiary/aromatic N) is 2. The molecule has 0 radical (unpaired) electrons. The molecule has 1 fully saturated rings. The van der Waals surface area contributed by atoms with Crippen molar-refractivity contribution in [2.24, 2.45) is 5.73 Å². The monoisotopic (exact) mass is 312 g/mol. The summed E-state index contributed by atoms with van der Waals surface area (Å²) >= 11 is 6.05. The summed E-state index contributed by atoms with van der Waals surface area (Å²) in [4.78, 5) is 23.4. The van der Waals surface area contributed by atoms with Gasteiger partial charge in [0.1, 0.15) is 5.69 Å². The van der Waals surface area contributed by atoms with Crippen molar-refractivity contribution in [3.63, 3.8) is 0 Å². The number of primary amides is 1. The Balaban J connectivity index is 2.01. The first-order valence-electron chi connectivity index (χ1n) is 6.67. The predicted molar refractivity (Wildman–Crippen MR) is 80.4 cm³/mol. The smallest absolute Gasteiger partial charge is 0.293 e. The van der Waals surface area contributed by atoms with E-state index in [1.165, 1.54) is 6.07 Å². The van der Waals surface area contributed by atoms with Gasteiger partial charge < -0.3 is 11.1 Å². The molecule has 1 heterocycles. The number of amides is 1. The number of carbonyl (C=O) groups is 1. The number of nitro groups is 1. The molecule has 0 unspecified atom stereocenters. The Labute approximate surface area is 127 Å². The number of para-hydroxylation sites is 1. The highest BCUT2D eigenvalue weighted by Gasteiger charge is 2.24. The van der Waals surface area contributed by atoms with Gasteiger partial charge in [0.2, 0.25) is 5.91 Å². The third-order valence-electron chi connectivity index (χ3n) is 3.50. The van der Waals surface area contributed by atoms with Gasteiger partial charge in [0.25, 0.3) is 5.69 Å². The fourth-order valence-electron chi connectivity index (χ4n) is 2.47. The number of rotatable bonds is 5. The molecule has 0 atom stereocenters. The molecular weight excluding hydrogens is 296 g/mol. The molecule has 0 bridgehead atoms. The number of nitrogens with two attached hydrogens (primary N) is 1. The van der Waals surface area contributed by atoms with E-state index in [1.807, 2.05) is 4.90 Å². The fourth-order valence-corrected chi connectivity index (χ4v) is 2.69. The van der Waals surface area contributed by atoms with Crippen LogP contribution in [0.2, 0.25) is 5.02 Å². The highest BCUT2D eigenvalue weighted by atomic mass is 35.5. The highest BCUT2D eigenvalue weighted by molar-refractivity contribution is 6.33. The van der Waals surface area contributed by atoms with Crippen LogP contribution in [-0.4, -0.2) is 41.4 Å². The van der Waals surface area contributed by atoms with E-state index in [2.05, 4.69) is 5.32 Å². The van der Waals surface area contributed by atoms with Crippen molar-refractivity contribution in [3.05, 3.63) is 33.3 Å². The van der Waals surface area contributed by atoms with E-state index >= 15 is 0 Å². The molecule has 1 aliphatic rings. The van der Waals surface area contributed by atoms with Crippen molar-refractivity contribution < 1.29 is 9.72 Å². The molecule has 1 aromatic carbocycles. The van der Waals surface area contributed by atoms with E-state index in [0.717, 1.165) is 25.9 Å². The SMILES string of the molecule is NC(=O)CN1CCC(Nc2c(Cl)cccc2[N+](=O)[O-])CC1. The Morgan fingerprint density at radius 3 is 2.71 bits per heavy atom. The molecule has 7 nitrogen and oxygen atoms in total. The summed E-state index contributed by atoms with van der Waals surface area (Å²) in [7, 11) is 0. The standard InChI is InChI=1S/C13H17ClN4O3/c14-10-2-1-3-11(18(20)21)13(10)16-9-4-6-17(7-5-9)8-12(15)19/h1-3,9,16H,4-8H2,(H2,15,19). The van der Waals surface area contributed by atoms with Crippen molar-refractivity contribution in [1.29, 1.82) is 0 Å². The number of likely N-dealkylation sites (tertiary alicyclic amines) is 1. The predicted octanol–water partition coefficient (Wildman–Crippen LogP) is 1.61. The van der Waals surface area contributed by atoms with Crippen molar-refractivity contribution in [2.45, 2.75) is 18.9 Å². The van der Waals surface area contributed by atoms with Gasteiger partial charge in [0.15, 0.2) is 0 Å². The molecule has 21 heavy (non-hydrogen) atoms. The van der Waals surface area contributed by atoms with Gasteiger partial charge in [-0.25, -0.2) is 0 Å². The summed E-state index contributed by atoms with van der Waals surface area (Å²) in [5.41, 5.74) is 5.50. The maximum absolute atomic E-state index is 11.0. The van der Waals surface area contributed by atoms with E-state index in [0.29, 0.717) is 10.7 Å². The summed E-state index contributed by atoms with van der Waals surface area (Å²) in [6.45, 7) is 1.69. The van der Waals surface area contributed by atoms with Gasteiger partial charge in [-0.3, -0.25) is 19.8 Å². The van der Waals surface area contributed by atoms with Gasteiger partial charge in [-0.2, -0.15) is 0 Å². The lowest BCUT2D eigenvalue weighted by Gasteiger charge is -2.32. The Morgan fingerprint density at radius 2 is 2.14 bits per heavy atom. The molecule has 114 valence electrons. The molecular formula is C13H17ClN4O3.